The summed E-state index contributed by atoms with van der Waals surface area (Å²) in [5, 5.41) is 7.56. The molecule has 0 bridgehead atoms. The van der Waals surface area contributed by atoms with Crippen LogP contribution in [-0.4, -0.2) is 0 Å². The summed E-state index contributed by atoms with van der Waals surface area (Å²) in [5.41, 5.74) is 17.1. The van der Waals surface area contributed by atoms with Crippen LogP contribution in [0.4, 0.5) is 17.1 Å². The fraction of sp³-hybridized carbons (Fsp3) is 0.0476. The third-order valence-corrected chi connectivity index (χ3v) is 13.8. The van der Waals surface area contributed by atoms with Gasteiger partial charge in [-0.05, 0) is 142 Å². The fourth-order valence-electron chi connectivity index (χ4n) is 10.8. The number of nitrogens with zero attached hydrogens (tertiary/aromatic N) is 1. The molecule has 0 aliphatic heterocycles. The number of hydrogen-bond donors (Lipinski definition) is 0. The Kier molecular flexibility index (Phi) is 9.09. The first-order valence-electron chi connectivity index (χ1n) is 22.5. The average molecular weight is 816 g/mol. The van der Waals surface area contributed by atoms with E-state index >= 15 is 0 Å². The molecule has 0 aromatic heterocycles. The minimum atomic E-state index is -0.271. The minimum Gasteiger partial charge on any atom is -0.310 e. The highest BCUT2D eigenvalue weighted by Gasteiger charge is 2.44. The van der Waals surface area contributed by atoms with E-state index in [4.69, 9.17) is 0 Å². The van der Waals surface area contributed by atoms with Gasteiger partial charge in [0.1, 0.15) is 0 Å². The Morgan fingerprint density at radius 2 is 0.828 bits per heavy atom. The summed E-state index contributed by atoms with van der Waals surface area (Å²) < 4.78 is 0. The van der Waals surface area contributed by atoms with Gasteiger partial charge in [0.15, 0.2) is 0 Å². The van der Waals surface area contributed by atoms with E-state index < -0.39 is 0 Å². The summed E-state index contributed by atoms with van der Waals surface area (Å²) in [6, 6.07) is 89.7. The van der Waals surface area contributed by atoms with Gasteiger partial charge in [-0.2, -0.15) is 0 Å². The molecule has 11 aromatic carbocycles. The lowest BCUT2D eigenvalue weighted by Crippen LogP contribution is -2.25. The van der Waals surface area contributed by atoms with E-state index in [0.29, 0.717) is 0 Å². The summed E-state index contributed by atoms with van der Waals surface area (Å²) >= 11 is 0. The van der Waals surface area contributed by atoms with Crippen molar-refractivity contribution in [3.8, 4) is 44.5 Å². The molecular formula is C63H45N. The van der Waals surface area contributed by atoms with Gasteiger partial charge in [0.25, 0.3) is 0 Å². The second-order valence-corrected chi connectivity index (χ2v) is 17.1. The van der Waals surface area contributed by atoms with Gasteiger partial charge >= 0.3 is 0 Å². The molecular weight excluding hydrogens is 771 g/mol. The molecule has 1 unspecified atom stereocenters. The molecule has 302 valence electrons. The maximum Gasteiger partial charge on any atom is 0.0467 e. The number of hydrogen-bond acceptors (Lipinski definition) is 1. The van der Waals surface area contributed by atoms with Crippen molar-refractivity contribution in [2.75, 3.05) is 4.90 Å². The van der Waals surface area contributed by atoms with E-state index in [1.165, 1.54) is 93.5 Å². The van der Waals surface area contributed by atoms with Crippen molar-refractivity contribution >= 4 is 49.4 Å². The molecule has 0 amide bonds. The highest BCUT2D eigenvalue weighted by atomic mass is 15.1. The molecule has 1 atom stereocenters. The van der Waals surface area contributed by atoms with Crippen LogP contribution in [0.15, 0.2) is 243 Å². The molecule has 1 aliphatic carbocycles. The van der Waals surface area contributed by atoms with Crippen LogP contribution in [0.2, 0.25) is 0 Å². The number of anilines is 3. The van der Waals surface area contributed by atoms with E-state index in [-0.39, 0.29) is 5.41 Å². The van der Waals surface area contributed by atoms with Crippen molar-refractivity contribution in [3.05, 3.63) is 259 Å². The maximum absolute atomic E-state index is 2.42. The largest absolute Gasteiger partial charge is 0.310 e. The molecule has 11 aromatic rings. The van der Waals surface area contributed by atoms with Crippen LogP contribution in [-0.2, 0) is 5.41 Å². The molecule has 0 radical (unpaired) electrons. The average Bonchev–Trinajstić information content (AvgIpc) is 3.67. The first kappa shape index (κ1) is 37.7. The van der Waals surface area contributed by atoms with Crippen LogP contribution in [0.3, 0.4) is 0 Å². The Balaban J connectivity index is 1.00. The Hall–Kier alpha value is -8.00. The van der Waals surface area contributed by atoms with Crippen LogP contribution in [0.5, 0.6) is 0 Å². The van der Waals surface area contributed by atoms with Gasteiger partial charge in [-0.25, -0.2) is 0 Å². The molecule has 0 spiro atoms. The first-order chi connectivity index (χ1) is 31.7. The quantitative estimate of drug-likeness (QED) is 0.148. The Morgan fingerprint density at radius 3 is 1.48 bits per heavy atom. The first-order valence-corrected chi connectivity index (χ1v) is 22.5. The number of fused-ring (bicyclic) bond motifs is 6. The van der Waals surface area contributed by atoms with Crippen molar-refractivity contribution in [1.29, 1.82) is 0 Å². The van der Waals surface area contributed by atoms with Crippen molar-refractivity contribution in [2.45, 2.75) is 18.8 Å². The minimum absolute atomic E-state index is 0.271. The Morgan fingerprint density at radius 1 is 0.328 bits per heavy atom. The highest BCUT2D eigenvalue weighted by Crippen LogP contribution is 2.57. The second-order valence-electron chi connectivity index (χ2n) is 17.1. The van der Waals surface area contributed by atoms with Crippen molar-refractivity contribution in [1.82, 2.24) is 0 Å². The van der Waals surface area contributed by atoms with Gasteiger partial charge in [-0.1, -0.05) is 207 Å². The Labute approximate surface area is 375 Å². The van der Waals surface area contributed by atoms with E-state index in [1.807, 2.05) is 0 Å². The van der Waals surface area contributed by atoms with E-state index in [9.17, 15) is 0 Å². The predicted octanol–water partition coefficient (Wildman–Crippen LogP) is 17.3. The summed E-state index contributed by atoms with van der Waals surface area (Å²) in [4.78, 5) is 2.41. The summed E-state index contributed by atoms with van der Waals surface area (Å²) in [6.45, 7) is 2.35. The molecule has 0 heterocycles. The third-order valence-electron chi connectivity index (χ3n) is 13.8. The molecule has 0 saturated carbocycles. The molecule has 1 aliphatic rings. The van der Waals surface area contributed by atoms with Crippen molar-refractivity contribution in [2.24, 2.45) is 0 Å². The van der Waals surface area contributed by atoms with Gasteiger partial charge in [-0.15, -0.1) is 0 Å². The molecule has 0 fully saturated rings. The van der Waals surface area contributed by atoms with Gasteiger partial charge in [0.05, 0.1) is 0 Å². The molecule has 64 heavy (non-hydrogen) atoms. The Bertz CT molecular complexity index is 3410. The van der Waals surface area contributed by atoms with E-state index in [1.54, 1.807) is 0 Å². The monoisotopic (exact) mass is 815 g/mol. The molecule has 0 saturated heterocycles. The van der Waals surface area contributed by atoms with Gasteiger partial charge < -0.3 is 4.90 Å². The SMILES string of the molecule is CCC1(c2ccc3ccccc3c2)c2ccccc2-c2c(-c3cccc(N(c4ccc(-c5cccc6ccccc56)cc4)c4ccc(-c5cccc6ccccc56)cc4)c3)cccc21. The topological polar surface area (TPSA) is 3.24 Å². The summed E-state index contributed by atoms with van der Waals surface area (Å²) in [6.07, 6.45) is 0.955. The number of rotatable bonds is 8. The van der Waals surface area contributed by atoms with Gasteiger partial charge in [-0.3, -0.25) is 0 Å². The van der Waals surface area contributed by atoms with Crippen LogP contribution < -0.4 is 4.90 Å². The zero-order chi connectivity index (χ0) is 42.6. The fourth-order valence-corrected chi connectivity index (χ4v) is 10.8. The lowest BCUT2D eigenvalue weighted by molar-refractivity contribution is 0.610. The summed E-state index contributed by atoms with van der Waals surface area (Å²) in [5.74, 6) is 0. The van der Waals surface area contributed by atoms with E-state index in [0.717, 1.165) is 23.5 Å². The lowest BCUT2D eigenvalue weighted by atomic mass is 9.70. The van der Waals surface area contributed by atoms with Gasteiger partial charge in [0, 0.05) is 22.5 Å². The van der Waals surface area contributed by atoms with Crippen LogP contribution in [0, 0.1) is 0 Å². The molecule has 0 N–H and O–H groups in total. The van der Waals surface area contributed by atoms with E-state index in [2.05, 4.69) is 254 Å². The lowest BCUT2D eigenvalue weighted by Gasteiger charge is -2.32. The highest BCUT2D eigenvalue weighted by molar-refractivity contribution is 5.99. The zero-order valence-electron chi connectivity index (χ0n) is 35.7. The predicted molar refractivity (Wildman–Crippen MR) is 272 cm³/mol. The second kappa shape index (κ2) is 15.4. The maximum atomic E-state index is 2.42. The van der Waals surface area contributed by atoms with Crippen molar-refractivity contribution in [3.63, 3.8) is 0 Å². The molecule has 1 heteroatoms. The third kappa shape index (κ3) is 6.08. The molecule has 12 rings (SSSR count). The molecule has 1 nitrogen and oxygen atoms in total. The van der Waals surface area contributed by atoms with Crippen molar-refractivity contribution < 1.29 is 0 Å². The summed E-state index contributed by atoms with van der Waals surface area (Å²) in [7, 11) is 0. The standard InChI is InChI=1S/C63H45N/c1-2-63(50-36-31-43-15-3-4-18-48(43)41-50)60-29-10-9-25-59(60)62-58(28-14-30-61(62)63)49-21-11-22-53(42-49)64(51-37-32-46(33-38-51)56-26-12-19-44-16-5-7-23-54(44)56)52-39-34-47(35-40-52)57-27-13-20-45-17-6-8-24-55(45)57/h3-42H,2H2,1H3. The zero-order valence-corrected chi connectivity index (χ0v) is 35.7. The smallest absolute Gasteiger partial charge is 0.0467 e. The normalized spacial score (nSPS) is 14.1. The number of benzene rings is 11. The van der Waals surface area contributed by atoms with Crippen LogP contribution in [0.1, 0.15) is 30.0 Å². The van der Waals surface area contributed by atoms with Gasteiger partial charge in [0.2, 0.25) is 0 Å². The van der Waals surface area contributed by atoms with Crippen LogP contribution >= 0.6 is 0 Å². The van der Waals surface area contributed by atoms with Crippen LogP contribution in [0.25, 0.3) is 76.8 Å².